The smallest absolute Gasteiger partial charge is 0.237 e. The average Bonchev–Trinajstić information content (AvgIpc) is 3.19. The fraction of sp³-hybridized carbons (Fsp3) is 0.409. The summed E-state index contributed by atoms with van der Waals surface area (Å²) < 4.78 is 18.4. The Bertz CT molecular complexity index is 806. The number of rotatable bonds is 9. The third kappa shape index (κ3) is 6.44. The lowest BCUT2D eigenvalue weighted by molar-refractivity contribution is -0.132. The van der Waals surface area contributed by atoms with Crippen molar-refractivity contribution in [3.05, 3.63) is 70.5 Å². The first-order chi connectivity index (χ1) is 14.1. The van der Waals surface area contributed by atoms with Gasteiger partial charge in [0.1, 0.15) is 11.2 Å². The summed E-state index contributed by atoms with van der Waals surface area (Å²) in [5.41, 5.74) is 2.04. The fourth-order valence-corrected chi connectivity index (χ4v) is 4.94. The molecule has 0 radical (unpaired) electrons. The number of benzene rings is 2. The number of amides is 1. The summed E-state index contributed by atoms with van der Waals surface area (Å²) in [5.74, 6) is 0.704. The molecule has 7 heteroatoms. The Hall–Kier alpha value is -1.60. The Kier molecular flexibility index (Phi) is 8.36. The third-order valence-corrected chi connectivity index (χ3v) is 6.34. The van der Waals surface area contributed by atoms with Crippen LogP contribution in [-0.2, 0) is 16.1 Å². The minimum Gasteiger partial charge on any atom is -0.385 e. The van der Waals surface area contributed by atoms with E-state index >= 15 is 0 Å². The molecule has 1 unspecified atom stereocenters. The van der Waals surface area contributed by atoms with Gasteiger partial charge in [-0.3, -0.25) is 9.69 Å². The molecule has 1 fully saturated rings. The predicted octanol–water partition coefficient (Wildman–Crippen LogP) is 4.59. The first-order valence-electron chi connectivity index (χ1n) is 9.69. The topological polar surface area (TPSA) is 32.8 Å². The zero-order valence-corrected chi connectivity index (χ0v) is 18.1. The summed E-state index contributed by atoms with van der Waals surface area (Å²) >= 11 is 7.84. The van der Waals surface area contributed by atoms with Gasteiger partial charge in [-0.1, -0.05) is 35.9 Å². The van der Waals surface area contributed by atoms with Gasteiger partial charge in [-0.25, -0.2) is 4.39 Å². The number of halogens is 2. The van der Waals surface area contributed by atoms with Crippen molar-refractivity contribution in [2.45, 2.75) is 18.3 Å². The van der Waals surface area contributed by atoms with Crippen LogP contribution < -0.4 is 0 Å². The van der Waals surface area contributed by atoms with Crippen molar-refractivity contribution in [1.29, 1.82) is 0 Å². The maximum Gasteiger partial charge on any atom is 0.237 e. The molecule has 1 aliphatic heterocycles. The maximum atomic E-state index is 13.3. The molecule has 0 N–H and O–H groups in total. The van der Waals surface area contributed by atoms with Crippen molar-refractivity contribution in [3.63, 3.8) is 0 Å². The predicted molar refractivity (Wildman–Crippen MR) is 117 cm³/mol. The molecule has 0 spiro atoms. The summed E-state index contributed by atoms with van der Waals surface area (Å²) in [6.45, 7) is 3.09. The summed E-state index contributed by atoms with van der Waals surface area (Å²) in [6, 6.07) is 14.2. The zero-order valence-electron chi connectivity index (χ0n) is 16.5. The molecular weight excluding hydrogens is 411 g/mol. The number of carbonyl (C=O) groups is 1. The highest BCUT2D eigenvalue weighted by Crippen LogP contribution is 2.38. The molecular formula is C22H26ClFN2O2S. The number of thioether (sulfide) groups is 1. The van der Waals surface area contributed by atoms with E-state index in [-0.39, 0.29) is 17.1 Å². The molecule has 0 aromatic heterocycles. The van der Waals surface area contributed by atoms with Crippen LogP contribution in [0.1, 0.15) is 22.9 Å². The van der Waals surface area contributed by atoms with Crippen molar-refractivity contribution in [1.82, 2.24) is 9.80 Å². The minimum absolute atomic E-state index is 0.0601. The minimum atomic E-state index is -0.263. The van der Waals surface area contributed by atoms with E-state index in [1.807, 2.05) is 29.2 Å². The van der Waals surface area contributed by atoms with Gasteiger partial charge in [0.25, 0.3) is 0 Å². The number of carbonyl (C=O) groups excluding carboxylic acids is 1. The molecule has 156 valence electrons. The molecule has 0 saturated carbocycles. The highest BCUT2D eigenvalue weighted by atomic mass is 35.5. The summed E-state index contributed by atoms with van der Waals surface area (Å²) in [6.07, 6.45) is 0.848. The first-order valence-corrected chi connectivity index (χ1v) is 11.1. The van der Waals surface area contributed by atoms with Crippen molar-refractivity contribution in [3.8, 4) is 0 Å². The Balaban J connectivity index is 1.68. The van der Waals surface area contributed by atoms with Crippen LogP contribution in [0.4, 0.5) is 4.39 Å². The van der Waals surface area contributed by atoms with Crippen LogP contribution >= 0.6 is 23.4 Å². The summed E-state index contributed by atoms with van der Waals surface area (Å²) in [5, 5.41) is 0.632. The van der Waals surface area contributed by atoms with Crippen molar-refractivity contribution >= 4 is 29.3 Å². The lowest BCUT2D eigenvalue weighted by Gasteiger charge is -2.28. The molecule has 1 amide bonds. The van der Waals surface area contributed by atoms with Gasteiger partial charge >= 0.3 is 0 Å². The van der Waals surface area contributed by atoms with Gasteiger partial charge in [-0.05, 0) is 41.8 Å². The molecule has 1 saturated heterocycles. The number of nitrogens with zero attached hydrogens (tertiary/aromatic N) is 2. The van der Waals surface area contributed by atoms with E-state index in [9.17, 15) is 9.18 Å². The number of ether oxygens (including phenoxy) is 1. The van der Waals surface area contributed by atoms with Crippen LogP contribution in [0.3, 0.4) is 0 Å². The van der Waals surface area contributed by atoms with E-state index in [2.05, 4.69) is 4.90 Å². The molecule has 2 aromatic carbocycles. The van der Waals surface area contributed by atoms with Gasteiger partial charge in [0.2, 0.25) is 5.91 Å². The Labute approximate surface area is 181 Å². The van der Waals surface area contributed by atoms with Crippen LogP contribution in [0.15, 0.2) is 48.5 Å². The second-order valence-corrected chi connectivity index (χ2v) is 8.67. The quantitative estimate of drug-likeness (QED) is 0.538. The van der Waals surface area contributed by atoms with Gasteiger partial charge in [0, 0.05) is 44.1 Å². The van der Waals surface area contributed by atoms with Gasteiger partial charge in [0.05, 0.1) is 6.54 Å². The molecule has 4 nitrogen and oxygen atoms in total. The van der Waals surface area contributed by atoms with Crippen LogP contribution in [0.25, 0.3) is 0 Å². The average molecular weight is 437 g/mol. The van der Waals surface area contributed by atoms with Crippen LogP contribution in [0.5, 0.6) is 0 Å². The monoisotopic (exact) mass is 436 g/mol. The van der Waals surface area contributed by atoms with E-state index in [0.29, 0.717) is 31.3 Å². The molecule has 1 aliphatic rings. The second-order valence-electron chi connectivity index (χ2n) is 7.05. The molecule has 2 aromatic rings. The largest absolute Gasteiger partial charge is 0.385 e. The Morgan fingerprint density at radius 2 is 2.10 bits per heavy atom. The first kappa shape index (κ1) is 22.1. The Morgan fingerprint density at radius 3 is 2.83 bits per heavy atom. The number of methoxy groups -OCH3 is 1. The Morgan fingerprint density at radius 1 is 1.31 bits per heavy atom. The van der Waals surface area contributed by atoms with Crippen LogP contribution in [-0.4, -0.2) is 54.8 Å². The fourth-order valence-electron chi connectivity index (χ4n) is 3.45. The molecule has 1 atom stereocenters. The summed E-state index contributed by atoms with van der Waals surface area (Å²) in [4.78, 5) is 17.2. The highest BCUT2D eigenvalue weighted by Gasteiger charge is 2.31. The van der Waals surface area contributed by atoms with Crippen LogP contribution in [0.2, 0.25) is 5.02 Å². The third-order valence-electron chi connectivity index (χ3n) is 4.84. The van der Waals surface area contributed by atoms with E-state index in [0.717, 1.165) is 29.8 Å². The molecule has 0 bridgehead atoms. The van der Waals surface area contributed by atoms with E-state index in [1.165, 1.54) is 12.1 Å². The normalized spacial score (nSPS) is 16.6. The molecule has 0 aliphatic carbocycles. The van der Waals surface area contributed by atoms with Gasteiger partial charge in [-0.15, -0.1) is 11.8 Å². The second kappa shape index (κ2) is 11.0. The SMILES string of the molecule is COCCCN(CC(=O)N1CCSC1c1ccc(F)cc1)Cc1cccc(Cl)c1. The van der Waals surface area contributed by atoms with Gasteiger partial charge in [0.15, 0.2) is 0 Å². The zero-order chi connectivity index (χ0) is 20.6. The number of hydrogen-bond donors (Lipinski definition) is 0. The van der Waals surface area contributed by atoms with E-state index in [4.69, 9.17) is 16.3 Å². The van der Waals surface area contributed by atoms with Crippen molar-refractivity contribution < 1.29 is 13.9 Å². The molecule has 3 rings (SSSR count). The van der Waals surface area contributed by atoms with Gasteiger partial charge < -0.3 is 9.64 Å². The van der Waals surface area contributed by atoms with E-state index < -0.39 is 0 Å². The summed E-state index contributed by atoms with van der Waals surface area (Å²) in [7, 11) is 1.68. The molecule has 1 heterocycles. The van der Waals surface area contributed by atoms with Gasteiger partial charge in [-0.2, -0.15) is 0 Å². The maximum absolute atomic E-state index is 13.3. The number of hydrogen-bond acceptors (Lipinski definition) is 4. The lowest BCUT2D eigenvalue weighted by atomic mass is 10.2. The standard InChI is InChI=1S/C22H26ClFN2O2S/c1-28-12-3-10-25(15-17-4-2-5-19(23)14-17)16-21(27)26-11-13-29-22(26)18-6-8-20(24)9-7-18/h2,4-9,14,22H,3,10-13,15-16H2,1H3. The van der Waals surface area contributed by atoms with E-state index in [1.54, 1.807) is 31.0 Å². The highest BCUT2D eigenvalue weighted by molar-refractivity contribution is 7.99. The lowest BCUT2D eigenvalue weighted by Crippen LogP contribution is -2.40. The van der Waals surface area contributed by atoms with Crippen molar-refractivity contribution in [2.75, 3.05) is 39.1 Å². The van der Waals surface area contributed by atoms with Crippen molar-refractivity contribution in [2.24, 2.45) is 0 Å². The molecule has 29 heavy (non-hydrogen) atoms. The van der Waals surface area contributed by atoms with Crippen LogP contribution in [0, 0.1) is 5.82 Å².